The van der Waals surface area contributed by atoms with Crippen LogP contribution in [0.2, 0.25) is 0 Å². The summed E-state index contributed by atoms with van der Waals surface area (Å²) in [5.41, 5.74) is 0.947. The second-order valence-electron chi connectivity index (χ2n) is 6.39. The molecule has 2 heterocycles. The molecule has 0 aromatic carbocycles. The number of amides is 2. The molecule has 2 rings (SSSR count). The molecule has 1 aliphatic heterocycles. The first kappa shape index (κ1) is 17.7. The van der Waals surface area contributed by atoms with Crippen LogP contribution in [0.15, 0.2) is 10.6 Å². The van der Waals surface area contributed by atoms with E-state index in [9.17, 15) is 4.79 Å². The van der Waals surface area contributed by atoms with Crippen LogP contribution in [0.4, 0.5) is 4.79 Å². The average Bonchev–Trinajstić information content (AvgIpc) is 2.92. The number of urea groups is 1. The highest BCUT2D eigenvalue weighted by atomic mass is 16.5. The van der Waals surface area contributed by atoms with E-state index in [2.05, 4.69) is 29.2 Å². The van der Waals surface area contributed by atoms with Crippen LogP contribution < -0.4 is 5.32 Å². The lowest BCUT2D eigenvalue weighted by Gasteiger charge is -2.34. The summed E-state index contributed by atoms with van der Waals surface area (Å²) in [6.45, 7) is 11.9. The Labute approximate surface area is 137 Å². The summed E-state index contributed by atoms with van der Waals surface area (Å²) in [6.07, 6.45) is 0. The molecule has 0 aliphatic carbocycles. The van der Waals surface area contributed by atoms with Gasteiger partial charge < -0.3 is 19.5 Å². The van der Waals surface area contributed by atoms with Gasteiger partial charge in [0.2, 0.25) is 0 Å². The van der Waals surface area contributed by atoms with E-state index in [1.54, 1.807) is 0 Å². The standard InChI is InChI=1S/C16H28N4O3/c1-13(2)12-22-9-4-17-16(21)20-7-5-19(6-8-20)11-15-10-14(3)23-18-15/h10,13H,4-9,11-12H2,1-3H3,(H,17,21). The van der Waals surface area contributed by atoms with Crippen LogP contribution in [-0.4, -0.2) is 66.9 Å². The number of nitrogens with one attached hydrogen (secondary N) is 1. The van der Waals surface area contributed by atoms with E-state index in [0.717, 1.165) is 50.8 Å². The van der Waals surface area contributed by atoms with Crippen molar-refractivity contribution in [2.24, 2.45) is 5.92 Å². The summed E-state index contributed by atoms with van der Waals surface area (Å²) in [7, 11) is 0. The van der Waals surface area contributed by atoms with Gasteiger partial charge in [-0.25, -0.2) is 4.79 Å². The molecule has 0 radical (unpaired) electrons. The van der Waals surface area contributed by atoms with Crippen molar-refractivity contribution in [1.29, 1.82) is 0 Å². The lowest BCUT2D eigenvalue weighted by molar-refractivity contribution is 0.107. The molecule has 0 bridgehead atoms. The number of piperazine rings is 1. The summed E-state index contributed by atoms with van der Waals surface area (Å²) in [4.78, 5) is 16.2. The Morgan fingerprint density at radius 3 is 2.74 bits per heavy atom. The Hall–Kier alpha value is -1.60. The van der Waals surface area contributed by atoms with Gasteiger partial charge in [0.25, 0.3) is 0 Å². The third-order valence-corrected chi connectivity index (χ3v) is 3.70. The molecule has 0 atom stereocenters. The summed E-state index contributed by atoms with van der Waals surface area (Å²) < 4.78 is 10.5. The molecule has 1 fully saturated rings. The van der Waals surface area contributed by atoms with Gasteiger partial charge in [-0.1, -0.05) is 19.0 Å². The first-order chi connectivity index (χ1) is 11.0. The molecular weight excluding hydrogens is 296 g/mol. The highest BCUT2D eigenvalue weighted by Crippen LogP contribution is 2.09. The molecular formula is C16H28N4O3. The fourth-order valence-electron chi connectivity index (χ4n) is 2.49. The van der Waals surface area contributed by atoms with Crippen molar-refractivity contribution in [2.45, 2.75) is 27.3 Å². The highest BCUT2D eigenvalue weighted by Gasteiger charge is 2.21. The minimum Gasteiger partial charge on any atom is -0.379 e. The van der Waals surface area contributed by atoms with Gasteiger partial charge in [-0.15, -0.1) is 0 Å². The molecule has 1 aliphatic rings. The number of hydrogen-bond acceptors (Lipinski definition) is 5. The maximum Gasteiger partial charge on any atom is 0.317 e. The quantitative estimate of drug-likeness (QED) is 0.769. The van der Waals surface area contributed by atoms with Gasteiger partial charge in [-0.2, -0.15) is 0 Å². The summed E-state index contributed by atoms with van der Waals surface area (Å²) in [5.74, 6) is 1.35. The number of ether oxygens (including phenoxy) is 1. The van der Waals surface area contributed by atoms with E-state index in [-0.39, 0.29) is 6.03 Å². The van der Waals surface area contributed by atoms with Crippen molar-refractivity contribution in [1.82, 2.24) is 20.3 Å². The van der Waals surface area contributed by atoms with Crippen LogP contribution in [0, 0.1) is 12.8 Å². The summed E-state index contributed by atoms with van der Waals surface area (Å²) >= 11 is 0. The van der Waals surface area contributed by atoms with Crippen molar-refractivity contribution in [3.8, 4) is 0 Å². The molecule has 23 heavy (non-hydrogen) atoms. The lowest BCUT2D eigenvalue weighted by atomic mass is 10.2. The van der Waals surface area contributed by atoms with Crippen molar-refractivity contribution in [3.63, 3.8) is 0 Å². The van der Waals surface area contributed by atoms with Crippen molar-refractivity contribution in [2.75, 3.05) is 45.9 Å². The molecule has 1 N–H and O–H groups in total. The van der Waals surface area contributed by atoms with Gasteiger partial charge in [0.1, 0.15) is 5.76 Å². The first-order valence-electron chi connectivity index (χ1n) is 8.29. The van der Waals surface area contributed by atoms with Crippen LogP contribution in [0.1, 0.15) is 25.3 Å². The zero-order valence-electron chi connectivity index (χ0n) is 14.4. The van der Waals surface area contributed by atoms with E-state index >= 15 is 0 Å². The van der Waals surface area contributed by atoms with Crippen molar-refractivity contribution in [3.05, 3.63) is 17.5 Å². The van der Waals surface area contributed by atoms with E-state index in [4.69, 9.17) is 9.26 Å². The molecule has 0 spiro atoms. The first-order valence-corrected chi connectivity index (χ1v) is 8.29. The van der Waals surface area contributed by atoms with Crippen LogP contribution in [0.3, 0.4) is 0 Å². The van der Waals surface area contributed by atoms with E-state index in [0.29, 0.717) is 19.1 Å². The number of nitrogens with zero attached hydrogens (tertiary/aromatic N) is 3. The Balaban J connectivity index is 1.60. The number of carbonyl (C=O) groups is 1. The molecule has 7 nitrogen and oxygen atoms in total. The third-order valence-electron chi connectivity index (χ3n) is 3.70. The van der Waals surface area contributed by atoms with E-state index in [1.807, 2.05) is 17.9 Å². The Morgan fingerprint density at radius 2 is 2.13 bits per heavy atom. The van der Waals surface area contributed by atoms with Gasteiger partial charge in [-0.3, -0.25) is 4.90 Å². The fourth-order valence-corrected chi connectivity index (χ4v) is 2.49. The summed E-state index contributed by atoms with van der Waals surface area (Å²) in [5, 5.41) is 6.92. The van der Waals surface area contributed by atoms with Gasteiger partial charge in [0.05, 0.1) is 12.3 Å². The smallest absolute Gasteiger partial charge is 0.317 e. The fraction of sp³-hybridized carbons (Fsp3) is 0.750. The molecule has 1 aromatic heterocycles. The molecule has 130 valence electrons. The predicted octanol–water partition coefficient (Wildman–Crippen LogP) is 1.48. The van der Waals surface area contributed by atoms with Crippen molar-refractivity contribution < 1.29 is 14.1 Å². The topological polar surface area (TPSA) is 70.8 Å². The minimum absolute atomic E-state index is 0.00456. The zero-order valence-corrected chi connectivity index (χ0v) is 14.4. The van der Waals surface area contributed by atoms with Crippen LogP contribution in [0.25, 0.3) is 0 Å². The van der Waals surface area contributed by atoms with Crippen molar-refractivity contribution >= 4 is 6.03 Å². The maximum absolute atomic E-state index is 12.1. The van der Waals surface area contributed by atoms with Gasteiger partial charge in [0, 0.05) is 51.9 Å². The van der Waals surface area contributed by atoms with Crippen LogP contribution in [0.5, 0.6) is 0 Å². The summed E-state index contributed by atoms with van der Waals surface area (Å²) in [6, 6.07) is 1.95. The molecule has 1 aromatic rings. The minimum atomic E-state index is -0.00456. The number of aromatic nitrogens is 1. The zero-order chi connectivity index (χ0) is 16.7. The number of aryl methyl sites for hydroxylation is 1. The molecule has 0 unspecified atom stereocenters. The number of hydrogen-bond donors (Lipinski definition) is 1. The van der Waals surface area contributed by atoms with E-state index < -0.39 is 0 Å². The second kappa shape index (κ2) is 8.88. The molecule has 2 amide bonds. The third kappa shape index (κ3) is 6.19. The average molecular weight is 324 g/mol. The van der Waals surface area contributed by atoms with Crippen LogP contribution in [-0.2, 0) is 11.3 Å². The second-order valence-corrected chi connectivity index (χ2v) is 6.39. The Morgan fingerprint density at radius 1 is 1.39 bits per heavy atom. The molecule has 1 saturated heterocycles. The SMILES string of the molecule is Cc1cc(CN2CCN(C(=O)NCCOCC(C)C)CC2)no1. The maximum atomic E-state index is 12.1. The number of carbonyl (C=O) groups excluding carboxylic acids is 1. The van der Waals surface area contributed by atoms with Gasteiger partial charge in [0.15, 0.2) is 0 Å². The Bertz CT molecular complexity index is 481. The van der Waals surface area contributed by atoms with Crippen LogP contribution >= 0.6 is 0 Å². The Kier molecular flexibility index (Phi) is 6.85. The molecule has 0 saturated carbocycles. The lowest BCUT2D eigenvalue weighted by Crippen LogP contribution is -2.51. The normalized spacial score (nSPS) is 16.1. The van der Waals surface area contributed by atoms with Gasteiger partial charge in [-0.05, 0) is 12.8 Å². The predicted molar refractivity (Wildman–Crippen MR) is 87.1 cm³/mol. The van der Waals surface area contributed by atoms with Gasteiger partial charge >= 0.3 is 6.03 Å². The van der Waals surface area contributed by atoms with E-state index in [1.165, 1.54) is 0 Å². The molecule has 7 heteroatoms. The highest BCUT2D eigenvalue weighted by molar-refractivity contribution is 5.74. The monoisotopic (exact) mass is 324 g/mol. The number of rotatable bonds is 7. The largest absolute Gasteiger partial charge is 0.379 e.